The number of aryl methyl sites for hydroxylation is 1. The van der Waals surface area contributed by atoms with Crippen molar-refractivity contribution in [2.24, 2.45) is 11.7 Å². The van der Waals surface area contributed by atoms with E-state index in [-0.39, 0.29) is 29.5 Å². The van der Waals surface area contributed by atoms with Crippen molar-refractivity contribution >= 4 is 17.7 Å². The van der Waals surface area contributed by atoms with Crippen molar-refractivity contribution in [2.45, 2.75) is 46.6 Å². The Morgan fingerprint density at radius 2 is 1.82 bits per heavy atom. The molecule has 152 valence electrons. The first-order valence-electron chi connectivity index (χ1n) is 9.19. The van der Waals surface area contributed by atoms with Gasteiger partial charge in [0.25, 0.3) is 0 Å². The molecule has 8 heteroatoms. The molecule has 0 aliphatic rings. The highest BCUT2D eigenvalue weighted by Crippen LogP contribution is 2.37. The maximum Gasteiger partial charge on any atom is 0.243 e. The number of methoxy groups -OCH3 is 1. The second-order valence-electron chi connectivity index (χ2n) is 7.32. The molecule has 0 spiro atoms. The van der Waals surface area contributed by atoms with Crippen molar-refractivity contribution < 1.29 is 14.3 Å². The lowest BCUT2D eigenvalue weighted by molar-refractivity contribution is -0.118. The summed E-state index contributed by atoms with van der Waals surface area (Å²) >= 11 is 0. The van der Waals surface area contributed by atoms with Crippen molar-refractivity contribution in [3.63, 3.8) is 0 Å². The van der Waals surface area contributed by atoms with Gasteiger partial charge in [0.2, 0.25) is 11.9 Å². The number of carbonyl (C=O) groups is 1. The second kappa shape index (κ2) is 8.88. The molecular weight excluding hydrogens is 358 g/mol. The predicted octanol–water partition coefficient (Wildman–Crippen LogP) is 3.21. The number of hydrogen-bond donors (Lipinski definition) is 3. The predicted molar refractivity (Wildman–Crippen MR) is 110 cm³/mol. The Balaban J connectivity index is 2.26. The van der Waals surface area contributed by atoms with Crippen LogP contribution in [0.25, 0.3) is 0 Å². The van der Waals surface area contributed by atoms with Crippen LogP contribution in [0.15, 0.2) is 18.3 Å². The highest BCUT2D eigenvalue weighted by Gasteiger charge is 2.19. The molecule has 1 aromatic carbocycles. The topological polar surface area (TPSA) is 125 Å². The number of rotatable bonds is 7. The molecule has 0 aliphatic heterocycles. The monoisotopic (exact) mass is 387 g/mol. The molecule has 28 heavy (non-hydrogen) atoms. The number of nitrogens with one attached hydrogen (secondary N) is 1. The third-order valence-corrected chi connectivity index (χ3v) is 4.41. The van der Waals surface area contributed by atoms with Gasteiger partial charge < -0.3 is 20.9 Å². The van der Waals surface area contributed by atoms with E-state index < -0.39 is 6.04 Å². The summed E-state index contributed by atoms with van der Waals surface area (Å²) in [5.74, 6) is 1.79. The van der Waals surface area contributed by atoms with Crippen molar-refractivity contribution in [1.29, 1.82) is 0 Å². The van der Waals surface area contributed by atoms with Crippen molar-refractivity contribution in [1.82, 2.24) is 9.97 Å². The normalized spacial score (nSPS) is 12.2. The van der Waals surface area contributed by atoms with E-state index in [4.69, 9.17) is 20.9 Å². The van der Waals surface area contributed by atoms with Crippen LogP contribution in [0.1, 0.15) is 44.7 Å². The fraction of sp³-hybridized carbons (Fsp3) is 0.450. The minimum absolute atomic E-state index is 0.00674. The zero-order chi connectivity index (χ0) is 21.0. The lowest BCUT2D eigenvalue weighted by Gasteiger charge is -2.18. The molecule has 5 N–H and O–H groups in total. The van der Waals surface area contributed by atoms with Gasteiger partial charge in [0.05, 0.1) is 19.3 Å². The van der Waals surface area contributed by atoms with Crippen LogP contribution in [0.2, 0.25) is 0 Å². The Morgan fingerprint density at radius 3 is 2.36 bits per heavy atom. The molecule has 1 aromatic heterocycles. The van der Waals surface area contributed by atoms with E-state index in [1.54, 1.807) is 7.11 Å². The molecule has 2 aromatic rings. The lowest BCUT2D eigenvalue weighted by Crippen LogP contribution is -2.40. The number of ether oxygens (including phenoxy) is 2. The van der Waals surface area contributed by atoms with E-state index in [1.165, 1.54) is 6.20 Å². The summed E-state index contributed by atoms with van der Waals surface area (Å²) in [6.45, 7) is 9.78. The molecule has 8 nitrogen and oxygen atoms in total. The van der Waals surface area contributed by atoms with Gasteiger partial charge in [-0.3, -0.25) is 10.1 Å². The van der Waals surface area contributed by atoms with Crippen molar-refractivity contribution in [2.75, 3.05) is 18.2 Å². The van der Waals surface area contributed by atoms with E-state index in [9.17, 15) is 4.79 Å². The van der Waals surface area contributed by atoms with Crippen LogP contribution in [0.5, 0.6) is 17.2 Å². The molecule has 0 radical (unpaired) electrons. The first-order chi connectivity index (χ1) is 13.1. The largest absolute Gasteiger partial charge is 0.496 e. The average molecular weight is 387 g/mol. The quantitative estimate of drug-likeness (QED) is 0.666. The van der Waals surface area contributed by atoms with Gasteiger partial charge in [-0.15, -0.1) is 0 Å². The molecule has 2 rings (SSSR count). The summed E-state index contributed by atoms with van der Waals surface area (Å²) < 4.78 is 11.4. The number of carbonyl (C=O) groups excluding carboxylic acids is 1. The summed E-state index contributed by atoms with van der Waals surface area (Å²) in [7, 11) is 1.64. The van der Waals surface area contributed by atoms with Gasteiger partial charge in [0, 0.05) is 5.56 Å². The van der Waals surface area contributed by atoms with Crippen LogP contribution in [-0.4, -0.2) is 29.0 Å². The fourth-order valence-electron chi connectivity index (χ4n) is 2.57. The van der Waals surface area contributed by atoms with Crippen LogP contribution in [0.4, 0.5) is 11.8 Å². The maximum atomic E-state index is 12.1. The summed E-state index contributed by atoms with van der Waals surface area (Å²) in [6.07, 6.45) is 1.43. The molecule has 0 saturated carbocycles. The summed E-state index contributed by atoms with van der Waals surface area (Å²) in [6, 6.07) is 3.19. The van der Waals surface area contributed by atoms with Gasteiger partial charge >= 0.3 is 0 Å². The van der Waals surface area contributed by atoms with Gasteiger partial charge in [0.1, 0.15) is 11.5 Å². The van der Waals surface area contributed by atoms with E-state index in [2.05, 4.69) is 29.1 Å². The number of amides is 1. The average Bonchev–Trinajstić information content (AvgIpc) is 2.63. The van der Waals surface area contributed by atoms with E-state index in [0.29, 0.717) is 11.5 Å². The third-order valence-electron chi connectivity index (χ3n) is 4.41. The summed E-state index contributed by atoms with van der Waals surface area (Å²) in [5.41, 5.74) is 13.8. The highest BCUT2D eigenvalue weighted by molar-refractivity contribution is 5.93. The molecule has 0 saturated heterocycles. The first kappa shape index (κ1) is 21.4. The Bertz CT molecular complexity index is 852. The van der Waals surface area contributed by atoms with E-state index in [0.717, 1.165) is 16.9 Å². The number of hydrogen-bond acceptors (Lipinski definition) is 7. The number of anilines is 2. The standard InChI is InChI=1S/C20H29N5O3/c1-10(2)13-8-14(27-6)12(5)7-15(13)28-16-9-23-20(24-18(16)22)25-19(26)17(21)11(3)4/h7-11,17H,21H2,1-6H3,(H3,22,23,24,25,26). The van der Waals surface area contributed by atoms with Crippen molar-refractivity contribution in [3.8, 4) is 17.2 Å². The van der Waals surface area contributed by atoms with Gasteiger partial charge in [-0.2, -0.15) is 4.98 Å². The minimum atomic E-state index is -0.656. The van der Waals surface area contributed by atoms with Crippen molar-refractivity contribution in [3.05, 3.63) is 29.5 Å². The number of benzene rings is 1. The SMILES string of the molecule is COc1cc(C(C)C)c(Oc2cnc(NC(=O)C(N)C(C)C)nc2N)cc1C. The second-order valence-corrected chi connectivity index (χ2v) is 7.32. The molecule has 0 fully saturated rings. The van der Waals surface area contributed by atoms with Gasteiger partial charge in [-0.05, 0) is 36.5 Å². The van der Waals surface area contributed by atoms with Crippen LogP contribution in [0.3, 0.4) is 0 Å². The minimum Gasteiger partial charge on any atom is -0.496 e. The lowest BCUT2D eigenvalue weighted by atomic mass is 10.00. The highest BCUT2D eigenvalue weighted by atomic mass is 16.5. The number of aromatic nitrogens is 2. The molecule has 1 heterocycles. The number of nitrogen functional groups attached to an aromatic ring is 1. The molecule has 1 amide bonds. The van der Waals surface area contributed by atoms with E-state index >= 15 is 0 Å². The fourth-order valence-corrected chi connectivity index (χ4v) is 2.57. The molecule has 1 unspecified atom stereocenters. The summed E-state index contributed by atoms with van der Waals surface area (Å²) in [5, 5.41) is 2.57. The molecular formula is C20H29N5O3. The Labute approximate surface area is 165 Å². The molecule has 0 aliphatic carbocycles. The molecule has 1 atom stereocenters. The summed E-state index contributed by atoms with van der Waals surface area (Å²) in [4.78, 5) is 20.3. The smallest absolute Gasteiger partial charge is 0.243 e. The zero-order valence-electron chi connectivity index (χ0n) is 17.2. The number of nitrogens with two attached hydrogens (primary N) is 2. The zero-order valence-corrected chi connectivity index (χ0v) is 17.2. The Kier molecular flexibility index (Phi) is 6.80. The molecule has 0 bridgehead atoms. The Hall–Kier alpha value is -2.87. The third kappa shape index (κ3) is 4.89. The van der Waals surface area contributed by atoms with Crippen LogP contribution >= 0.6 is 0 Å². The Morgan fingerprint density at radius 1 is 1.14 bits per heavy atom. The van der Waals surface area contributed by atoms with Crippen LogP contribution in [-0.2, 0) is 4.79 Å². The van der Waals surface area contributed by atoms with Gasteiger partial charge in [-0.1, -0.05) is 27.7 Å². The first-order valence-corrected chi connectivity index (χ1v) is 9.19. The van der Waals surface area contributed by atoms with Gasteiger partial charge in [0.15, 0.2) is 11.6 Å². The maximum absolute atomic E-state index is 12.1. The van der Waals surface area contributed by atoms with Crippen LogP contribution in [0, 0.1) is 12.8 Å². The van der Waals surface area contributed by atoms with E-state index in [1.807, 2.05) is 32.9 Å². The van der Waals surface area contributed by atoms with Crippen LogP contribution < -0.4 is 26.3 Å². The number of nitrogens with zero attached hydrogens (tertiary/aromatic N) is 2. The van der Waals surface area contributed by atoms with Gasteiger partial charge in [-0.25, -0.2) is 4.98 Å².